The van der Waals surface area contributed by atoms with E-state index in [-0.39, 0.29) is 17.0 Å². The molecule has 0 fully saturated rings. The highest BCUT2D eigenvalue weighted by atomic mass is 79.9. The molecule has 3 nitrogen and oxygen atoms in total. The minimum absolute atomic E-state index is 0. The molecule has 0 unspecified atom stereocenters. The van der Waals surface area contributed by atoms with Gasteiger partial charge in [0.15, 0.2) is 5.96 Å². The smallest absolute Gasteiger partial charge is 0.195 e. The maximum absolute atomic E-state index is 4.25. The molecule has 0 N–H and O–H groups in total. The van der Waals surface area contributed by atoms with Gasteiger partial charge in [-0.2, -0.15) is 0 Å². The summed E-state index contributed by atoms with van der Waals surface area (Å²) < 4.78 is 0. The molecule has 0 heterocycles. The second-order valence-corrected chi connectivity index (χ2v) is 3.76. The molecule has 1 rings (SSSR count). The van der Waals surface area contributed by atoms with Crippen molar-refractivity contribution in [3.05, 3.63) is 35.9 Å². The standard InChI is InChI=1S/C12H19N3.BrH/c1-13-12(14(2)3)15(4)10-11-8-6-5-7-9-11;/h5-9H,10H2,1-4H3;1H. The van der Waals surface area contributed by atoms with Crippen LogP contribution in [0.3, 0.4) is 0 Å². The number of guanidine groups is 1. The van der Waals surface area contributed by atoms with Gasteiger partial charge >= 0.3 is 0 Å². The first-order valence-electron chi connectivity index (χ1n) is 5.04. The highest BCUT2D eigenvalue weighted by Gasteiger charge is 2.07. The third-order valence-electron chi connectivity index (χ3n) is 2.20. The number of halogens is 1. The molecule has 0 radical (unpaired) electrons. The van der Waals surface area contributed by atoms with Crippen LogP contribution in [0, 0.1) is 0 Å². The lowest BCUT2D eigenvalue weighted by atomic mass is 10.2. The summed E-state index contributed by atoms with van der Waals surface area (Å²) in [5.41, 5.74) is 1.29. The molecule has 4 heteroatoms. The Morgan fingerprint density at radius 3 is 2.12 bits per heavy atom. The molecule has 0 saturated carbocycles. The molecule has 0 aliphatic heterocycles. The third kappa shape index (κ3) is 4.23. The van der Waals surface area contributed by atoms with E-state index in [0.29, 0.717) is 0 Å². The Kier molecular flexibility index (Phi) is 6.81. The molecule has 0 spiro atoms. The first-order valence-corrected chi connectivity index (χ1v) is 5.04. The lowest BCUT2D eigenvalue weighted by molar-refractivity contribution is 0.419. The van der Waals surface area contributed by atoms with E-state index in [0.717, 1.165) is 12.5 Å². The summed E-state index contributed by atoms with van der Waals surface area (Å²) >= 11 is 0. The molecule has 0 amide bonds. The molecule has 0 aromatic heterocycles. The number of hydrogen-bond donors (Lipinski definition) is 0. The van der Waals surface area contributed by atoms with Crippen molar-refractivity contribution in [2.24, 2.45) is 4.99 Å². The summed E-state index contributed by atoms with van der Waals surface area (Å²) in [5.74, 6) is 0.985. The number of aliphatic imine (C=N–C) groups is 1. The largest absolute Gasteiger partial charge is 0.349 e. The van der Waals surface area contributed by atoms with Gasteiger partial charge in [-0.25, -0.2) is 0 Å². The maximum atomic E-state index is 4.25. The van der Waals surface area contributed by atoms with Crippen LogP contribution < -0.4 is 0 Å². The van der Waals surface area contributed by atoms with E-state index in [1.807, 2.05) is 32.1 Å². The topological polar surface area (TPSA) is 18.8 Å². The van der Waals surface area contributed by atoms with E-state index < -0.39 is 0 Å². The second-order valence-electron chi connectivity index (χ2n) is 3.76. The van der Waals surface area contributed by atoms with Crippen molar-refractivity contribution >= 4 is 22.9 Å². The van der Waals surface area contributed by atoms with Crippen LogP contribution in [0.4, 0.5) is 0 Å². The molecule has 0 saturated heterocycles. The van der Waals surface area contributed by atoms with Crippen molar-refractivity contribution in [2.45, 2.75) is 6.54 Å². The summed E-state index contributed by atoms with van der Waals surface area (Å²) in [5, 5.41) is 0. The van der Waals surface area contributed by atoms with Gasteiger partial charge in [-0.05, 0) is 5.56 Å². The Labute approximate surface area is 109 Å². The third-order valence-corrected chi connectivity index (χ3v) is 2.20. The zero-order chi connectivity index (χ0) is 11.3. The van der Waals surface area contributed by atoms with Crippen LogP contribution in [0.25, 0.3) is 0 Å². The van der Waals surface area contributed by atoms with Crippen LogP contribution >= 0.6 is 17.0 Å². The summed E-state index contributed by atoms with van der Waals surface area (Å²) in [6, 6.07) is 10.4. The van der Waals surface area contributed by atoms with E-state index in [2.05, 4.69) is 41.2 Å². The first-order chi connectivity index (χ1) is 7.15. The van der Waals surface area contributed by atoms with Gasteiger partial charge in [-0.3, -0.25) is 4.99 Å². The molecule has 0 bridgehead atoms. The van der Waals surface area contributed by atoms with Crippen molar-refractivity contribution in [3.63, 3.8) is 0 Å². The average molecular weight is 286 g/mol. The van der Waals surface area contributed by atoms with Gasteiger partial charge in [0, 0.05) is 34.7 Å². The van der Waals surface area contributed by atoms with Crippen molar-refractivity contribution in [3.8, 4) is 0 Å². The highest BCUT2D eigenvalue weighted by molar-refractivity contribution is 8.93. The minimum atomic E-state index is 0. The molecule has 90 valence electrons. The Morgan fingerprint density at radius 2 is 1.69 bits per heavy atom. The lowest BCUT2D eigenvalue weighted by Crippen LogP contribution is -2.37. The van der Waals surface area contributed by atoms with Crippen LogP contribution in [0.2, 0.25) is 0 Å². The fourth-order valence-electron chi connectivity index (χ4n) is 1.64. The van der Waals surface area contributed by atoms with Gasteiger partial charge in [0.2, 0.25) is 0 Å². The number of rotatable bonds is 2. The summed E-state index contributed by atoms with van der Waals surface area (Å²) in [7, 11) is 7.87. The summed E-state index contributed by atoms with van der Waals surface area (Å²) in [4.78, 5) is 8.40. The molecular weight excluding hydrogens is 266 g/mol. The first kappa shape index (κ1) is 15.0. The molecule has 0 atom stereocenters. The van der Waals surface area contributed by atoms with E-state index in [9.17, 15) is 0 Å². The molecular formula is C12H20BrN3. The molecule has 1 aromatic carbocycles. The van der Waals surface area contributed by atoms with E-state index in [4.69, 9.17) is 0 Å². The van der Waals surface area contributed by atoms with Crippen LogP contribution in [0.15, 0.2) is 35.3 Å². The summed E-state index contributed by atoms with van der Waals surface area (Å²) in [6.45, 7) is 0.881. The van der Waals surface area contributed by atoms with Gasteiger partial charge in [-0.1, -0.05) is 30.3 Å². The molecule has 1 aromatic rings. The zero-order valence-electron chi connectivity index (χ0n) is 10.3. The van der Waals surface area contributed by atoms with Gasteiger partial charge < -0.3 is 9.80 Å². The Hall–Kier alpha value is -1.03. The fraction of sp³-hybridized carbons (Fsp3) is 0.417. The Bertz CT molecular complexity index is 322. The lowest BCUT2D eigenvalue weighted by Gasteiger charge is -2.26. The second kappa shape index (κ2) is 7.28. The minimum Gasteiger partial charge on any atom is -0.349 e. The molecule has 0 aliphatic rings. The highest BCUT2D eigenvalue weighted by Crippen LogP contribution is 2.03. The molecule has 0 aliphatic carbocycles. The van der Waals surface area contributed by atoms with Crippen molar-refractivity contribution in [1.29, 1.82) is 0 Å². The normalized spacial score (nSPS) is 10.6. The quantitative estimate of drug-likeness (QED) is 0.613. The SMILES string of the molecule is Br.CN=C(N(C)C)N(C)Cc1ccccc1. The van der Waals surface area contributed by atoms with E-state index in [1.54, 1.807) is 0 Å². The monoisotopic (exact) mass is 285 g/mol. The predicted octanol–water partition coefficient (Wildman–Crippen LogP) is 2.24. The van der Waals surface area contributed by atoms with Crippen LogP contribution in [-0.4, -0.2) is 44.0 Å². The molecule has 16 heavy (non-hydrogen) atoms. The van der Waals surface area contributed by atoms with Gasteiger partial charge in [0.1, 0.15) is 0 Å². The van der Waals surface area contributed by atoms with Crippen LogP contribution in [0.1, 0.15) is 5.56 Å². The number of hydrogen-bond acceptors (Lipinski definition) is 1. The number of benzene rings is 1. The fourth-order valence-corrected chi connectivity index (χ4v) is 1.64. The zero-order valence-corrected chi connectivity index (χ0v) is 12.1. The van der Waals surface area contributed by atoms with Crippen LogP contribution in [-0.2, 0) is 6.54 Å². The van der Waals surface area contributed by atoms with Gasteiger partial charge in [0.05, 0.1) is 0 Å². The van der Waals surface area contributed by atoms with Gasteiger partial charge in [0.25, 0.3) is 0 Å². The maximum Gasteiger partial charge on any atom is 0.195 e. The van der Waals surface area contributed by atoms with E-state index in [1.165, 1.54) is 5.56 Å². The van der Waals surface area contributed by atoms with Crippen LogP contribution in [0.5, 0.6) is 0 Å². The average Bonchev–Trinajstić information content (AvgIpc) is 2.19. The Balaban J connectivity index is 0.00000225. The van der Waals surface area contributed by atoms with Gasteiger partial charge in [-0.15, -0.1) is 17.0 Å². The van der Waals surface area contributed by atoms with E-state index >= 15 is 0 Å². The van der Waals surface area contributed by atoms with Crippen molar-refractivity contribution in [1.82, 2.24) is 9.80 Å². The number of nitrogens with zero attached hydrogens (tertiary/aromatic N) is 3. The Morgan fingerprint density at radius 1 is 1.12 bits per heavy atom. The van der Waals surface area contributed by atoms with Crippen molar-refractivity contribution < 1.29 is 0 Å². The predicted molar refractivity (Wildman–Crippen MR) is 75.3 cm³/mol. The van der Waals surface area contributed by atoms with Crippen molar-refractivity contribution in [2.75, 3.05) is 28.2 Å². The summed E-state index contributed by atoms with van der Waals surface area (Å²) in [6.07, 6.45) is 0.